The number of alkyl halides is 3. The molecule has 106 valence electrons. The van der Waals surface area contributed by atoms with E-state index < -0.39 is 16.0 Å². The predicted octanol–water partition coefficient (Wildman–Crippen LogP) is 6.00. The summed E-state index contributed by atoms with van der Waals surface area (Å²) < 4.78 is 39.9. The van der Waals surface area contributed by atoms with Gasteiger partial charge in [-0.3, -0.25) is 0 Å². The van der Waals surface area contributed by atoms with Crippen LogP contribution < -0.4 is 0 Å². The first kappa shape index (κ1) is 16.3. The Hall–Kier alpha value is -0.740. The maximum Gasteiger partial charge on any atom is 0.600 e. The van der Waals surface area contributed by atoms with Crippen LogP contribution in [0, 0.1) is 0 Å². The summed E-state index contributed by atoms with van der Waals surface area (Å²) in [6.45, 7) is 3.93. The topological polar surface area (TPSA) is 0 Å². The molecular formula is C14H17ClF3S+. The van der Waals surface area contributed by atoms with Gasteiger partial charge >= 0.3 is 5.51 Å². The summed E-state index contributed by atoms with van der Waals surface area (Å²) in [6, 6.07) is 7.11. The van der Waals surface area contributed by atoms with Crippen molar-refractivity contribution in [2.45, 2.75) is 38.6 Å². The van der Waals surface area contributed by atoms with Gasteiger partial charge in [-0.15, -0.1) is 25.6 Å². The van der Waals surface area contributed by atoms with E-state index in [-0.39, 0.29) is 12.4 Å². The van der Waals surface area contributed by atoms with Gasteiger partial charge in [0.15, 0.2) is 9.58 Å². The van der Waals surface area contributed by atoms with Gasteiger partial charge in [-0.2, -0.15) is 0 Å². The molecule has 1 unspecified atom stereocenters. The summed E-state index contributed by atoms with van der Waals surface area (Å²) >= 11 is 0. The van der Waals surface area contributed by atoms with Crippen molar-refractivity contribution in [1.82, 2.24) is 0 Å². The number of benzene rings is 1. The Kier molecular flexibility index (Phi) is 5.27. The maximum absolute atomic E-state index is 13.2. The van der Waals surface area contributed by atoms with Gasteiger partial charge in [0.2, 0.25) is 0 Å². The average molecular weight is 310 g/mol. The molecular weight excluding hydrogens is 293 g/mol. The Bertz CT molecular complexity index is 558. The van der Waals surface area contributed by atoms with E-state index in [9.17, 15) is 13.2 Å². The van der Waals surface area contributed by atoms with Crippen LogP contribution in [0.5, 0.6) is 0 Å². The summed E-state index contributed by atoms with van der Waals surface area (Å²) in [5.74, 6) is 0. The van der Waals surface area contributed by atoms with E-state index >= 15 is 0 Å². The molecule has 0 saturated heterocycles. The Morgan fingerprint density at radius 2 is 1.79 bits per heavy atom. The van der Waals surface area contributed by atoms with Crippen molar-refractivity contribution >= 4 is 33.0 Å². The smallest absolute Gasteiger partial charge is 0.147 e. The summed E-state index contributed by atoms with van der Waals surface area (Å²) in [7, 11) is -1.71. The molecule has 0 amide bonds. The Balaban J connectivity index is 0.00000180. The minimum Gasteiger partial charge on any atom is -0.147 e. The Morgan fingerprint density at radius 1 is 1.11 bits per heavy atom. The van der Waals surface area contributed by atoms with Crippen LogP contribution in [0.15, 0.2) is 24.3 Å². The third-order valence-electron chi connectivity index (χ3n) is 3.01. The largest absolute Gasteiger partial charge is 0.600 e. The van der Waals surface area contributed by atoms with Gasteiger partial charge in [0.1, 0.15) is 0 Å². The minimum absolute atomic E-state index is 0. The molecule has 1 aromatic carbocycles. The van der Waals surface area contributed by atoms with Crippen LogP contribution in [0.25, 0.3) is 10.1 Å². The van der Waals surface area contributed by atoms with Crippen LogP contribution in [0.4, 0.5) is 13.2 Å². The molecule has 0 bridgehead atoms. The molecule has 2 rings (SSSR count). The lowest BCUT2D eigenvalue weighted by Crippen LogP contribution is -1.98. The van der Waals surface area contributed by atoms with E-state index in [0.717, 1.165) is 23.8 Å². The lowest BCUT2D eigenvalue weighted by atomic mass is 10.1. The number of thiophene rings is 1. The molecule has 1 aromatic heterocycles. The summed E-state index contributed by atoms with van der Waals surface area (Å²) in [5, 5.41) is 0.762. The van der Waals surface area contributed by atoms with Gasteiger partial charge in [0, 0.05) is 17.9 Å². The highest BCUT2D eigenvalue weighted by molar-refractivity contribution is 7.38. The zero-order chi connectivity index (χ0) is 13.3. The first-order chi connectivity index (χ1) is 8.47. The quantitative estimate of drug-likeness (QED) is 0.610. The van der Waals surface area contributed by atoms with Crippen molar-refractivity contribution in [3.05, 3.63) is 34.7 Å². The molecule has 0 radical (unpaired) electrons. The highest BCUT2D eigenvalue weighted by atomic mass is 35.5. The Labute approximate surface area is 120 Å². The second-order valence-corrected chi connectivity index (χ2v) is 6.38. The highest BCUT2D eigenvalue weighted by Gasteiger charge is 2.47. The average Bonchev–Trinajstić information content (AvgIpc) is 2.65. The van der Waals surface area contributed by atoms with Crippen molar-refractivity contribution in [2.75, 3.05) is 0 Å². The van der Waals surface area contributed by atoms with E-state index in [4.69, 9.17) is 0 Å². The van der Waals surface area contributed by atoms with Gasteiger partial charge in [-0.25, -0.2) is 0 Å². The zero-order valence-electron chi connectivity index (χ0n) is 10.9. The molecule has 5 heteroatoms. The number of aryl methyl sites for hydroxylation is 2. The lowest BCUT2D eigenvalue weighted by molar-refractivity contribution is -0.0867. The van der Waals surface area contributed by atoms with Gasteiger partial charge in [0.25, 0.3) is 0 Å². The standard InChI is InChI=1S/C14H16F3S.ClH/c1-3-5-12-9-11-8-10(4-2)6-7-13(11)18(12)14(15,16)17;/h6-9H,3-5H2,1-2H3;1H/q+1;. The van der Waals surface area contributed by atoms with E-state index in [2.05, 4.69) is 0 Å². The van der Waals surface area contributed by atoms with Gasteiger partial charge < -0.3 is 0 Å². The normalized spacial score (nSPS) is 12.6. The van der Waals surface area contributed by atoms with Gasteiger partial charge in [-0.05, 0) is 30.5 Å². The third-order valence-corrected chi connectivity index (χ3v) is 5.13. The molecule has 0 fully saturated rings. The van der Waals surface area contributed by atoms with Crippen LogP contribution in [-0.2, 0) is 18.3 Å². The van der Waals surface area contributed by atoms with Crippen molar-refractivity contribution in [3.8, 4) is 0 Å². The predicted molar refractivity (Wildman–Crippen MR) is 78.3 cm³/mol. The zero-order valence-corrected chi connectivity index (χ0v) is 12.5. The third kappa shape index (κ3) is 3.23. The lowest BCUT2D eigenvalue weighted by Gasteiger charge is -1.99. The SMILES string of the molecule is CCCc1cc2cc(CC)ccc2[s+]1C(F)(F)F.Cl. The van der Waals surface area contributed by atoms with Gasteiger partial charge in [-0.1, -0.05) is 19.9 Å². The summed E-state index contributed by atoms with van der Waals surface area (Å²) in [6.07, 6.45) is 2.13. The first-order valence-electron chi connectivity index (χ1n) is 6.12. The summed E-state index contributed by atoms with van der Waals surface area (Å²) in [5.41, 5.74) is -3.06. The van der Waals surface area contributed by atoms with Crippen molar-refractivity contribution in [3.63, 3.8) is 0 Å². The molecule has 0 aliphatic rings. The molecule has 0 aliphatic heterocycles. The number of fused-ring (bicyclic) bond motifs is 1. The fourth-order valence-corrected chi connectivity index (χ4v) is 4.22. The van der Waals surface area contributed by atoms with Crippen molar-refractivity contribution in [2.24, 2.45) is 0 Å². The van der Waals surface area contributed by atoms with Gasteiger partial charge in [0.05, 0.1) is 10.5 Å². The molecule has 0 N–H and O–H groups in total. The maximum atomic E-state index is 13.2. The Morgan fingerprint density at radius 3 is 2.32 bits per heavy atom. The van der Waals surface area contributed by atoms with Crippen LogP contribution >= 0.6 is 22.9 Å². The van der Waals surface area contributed by atoms with E-state index in [1.165, 1.54) is 0 Å². The second kappa shape index (κ2) is 6.14. The molecule has 0 aliphatic carbocycles. The molecule has 0 saturated carbocycles. The highest BCUT2D eigenvalue weighted by Crippen LogP contribution is 2.51. The molecule has 0 nitrogen and oxygen atoms in total. The summed E-state index contributed by atoms with van der Waals surface area (Å²) in [4.78, 5) is 0.535. The second-order valence-electron chi connectivity index (χ2n) is 4.34. The van der Waals surface area contributed by atoms with Crippen LogP contribution in [0.2, 0.25) is 0 Å². The van der Waals surface area contributed by atoms with Crippen LogP contribution in [-0.4, -0.2) is 0 Å². The number of hydrogen-bond donors (Lipinski definition) is 0. The number of hydrogen-bond acceptors (Lipinski definition) is 0. The monoisotopic (exact) mass is 309 g/mol. The van der Waals surface area contributed by atoms with E-state index in [1.807, 2.05) is 26.0 Å². The number of rotatable bonds is 3. The molecule has 19 heavy (non-hydrogen) atoms. The van der Waals surface area contributed by atoms with Crippen LogP contribution in [0.3, 0.4) is 0 Å². The molecule has 1 heterocycles. The number of halogens is 4. The van der Waals surface area contributed by atoms with Crippen molar-refractivity contribution < 1.29 is 13.2 Å². The molecule has 0 spiro atoms. The minimum atomic E-state index is -4.15. The van der Waals surface area contributed by atoms with Crippen LogP contribution in [0.1, 0.15) is 30.7 Å². The van der Waals surface area contributed by atoms with Crippen molar-refractivity contribution in [1.29, 1.82) is 0 Å². The fourth-order valence-electron chi connectivity index (χ4n) is 2.18. The molecule has 1 atom stereocenters. The fraction of sp³-hybridized carbons (Fsp3) is 0.429. The first-order valence-corrected chi connectivity index (χ1v) is 7.34. The van der Waals surface area contributed by atoms with E-state index in [1.54, 1.807) is 12.1 Å². The molecule has 2 aromatic rings. The van der Waals surface area contributed by atoms with E-state index in [0.29, 0.717) is 16.0 Å².